The normalized spacial score (nSPS) is 20.5. The topological polar surface area (TPSA) is 77.4 Å². The van der Waals surface area contributed by atoms with Crippen molar-refractivity contribution in [1.82, 2.24) is 20.4 Å². The molecule has 0 spiro atoms. The van der Waals surface area contributed by atoms with Crippen molar-refractivity contribution in [2.45, 2.75) is 45.0 Å². The molecule has 1 amide bonds. The number of carbonyl (C=O) groups is 1. The summed E-state index contributed by atoms with van der Waals surface area (Å²) >= 11 is 0. The Labute approximate surface area is 152 Å². The quantitative estimate of drug-likeness (QED) is 0.880. The van der Waals surface area contributed by atoms with Gasteiger partial charge in [0.05, 0.1) is 25.4 Å². The van der Waals surface area contributed by atoms with Crippen LogP contribution in [0.2, 0.25) is 0 Å². The number of methoxy groups -OCH3 is 1. The van der Waals surface area contributed by atoms with Crippen LogP contribution in [-0.4, -0.2) is 34.9 Å². The number of hydrogen-bond acceptors (Lipinski definition) is 5. The standard InChI is InChI=1S/C19H24N4O3/c1-19(2)10-16(14-9-13(25-3)4-5-17(14)26-19)21-18(24)15-8-12-11-20-6-7-23(12)22-15/h4-5,8-9,16,20H,6-7,10-11H2,1-3H3,(H,21,24)/t16-/m0/s1. The molecule has 3 heterocycles. The second-order valence-electron chi connectivity index (χ2n) is 7.42. The van der Waals surface area contributed by atoms with Crippen LogP contribution in [0.1, 0.15) is 48.1 Å². The van der Waals surface area contributed by atoms with E-state index in [1.54, 1.807) is 7.11 Å². The molecule has 0 saturated carbocycles. The molecule has 1 atom stereocenters. The van der Waals surface area contributed by atoms with Crippen LogP contribution in [0.25, 0.3) is 0 Å². The Morgan fingerprint density at radius 2 is 2.27 bits per heavy atom. The molecule has 138 valence electrons. The second kappa shape index (κ2) is 6.32. The monoisotopic (exact) mass is 356 g/mol. The van der Waals surface area contributed by atoms with Crippen LogP contribution in [0.15, 0.2) is 24.3 Å². The third-order valence-electron chi connectivity index (χ3n) is 4.88. The molecule has 26 heavy (non-hydrogen) atoms. The van der Waals surface area contributed by atoms with Crippen molar-refractivity contribution in [1.29, 1.82) is 0 Å². The average molecular weight is 356 g/mol. The summed E-state index contributed by atoms with van der Waals surface area (Å²) in [6.45, 7) is 6.45. The van der Waals surface area contributed by atoms with Gasteiger partial charge in [0.15, 0.2) is 5.69 Å². The summed E-state index contributed by atoms with van der Waals surface area (Å²) in [5.41, 5.74) is 2.06. The highest BCUT2D eigenvalue weighted by molar-refractivity contribution is 5.92. The van der Waals surface area contributed by atoms with Crippen molar-refractivity contribution >= 4 is 5.91 Å². The Kier molecular flexibility index (Phi) is 4.11. The highest BCUT2D eigenvalue weighted by Gasteiger charge is 2.35. The van der Waals surface area contributed by atoms with Crippen molar-refractivity contribution < 1.29 is 14.3 Å². The molecular formula is C19H24N4O3. The van der Waals surface area contributed by atoms with Gasteiger partial charge in [0, 0.05) is 25.1 Å². The summed E-state index contributed by atoms with van der Waals surface area (Å²) < 4.78 is 13.3. The molecule has 2 aliphatic heterocycles. The number of nitrogens with zero attached hydrogens (tertiary/aromatic N) is 2. The predicted molar refractivity (Wildman–Crippen MR) is 96.5 cm³/mol. The predicted octanol–water partition coefficient (Wildman–Crippen LogP) is 2.03. The summed E-state index contributed by atoms with van der Waals surface area (Å²) in [6, 6.07) is 7.40. The molecule has 2 N–H and O–H groups in total. The van der Waals surface area contributed by atoms with E-state index in [1.165, 1.54) is 0 Å². The van der Waals surface area contributed by atoms with Crippen molar-refractivity contribution in [3.63, 3.8) is 0 Å². The summed E-state index contributed by atoms with van der Waals surface area (Å²) in [7, 11) is 1.63. The van der Waals surface area contributed by atoms with E-state index in [1.807, 2.05) is 42.8 Å². The maximum Gasteiger partial charge on any atom is 0.272 e. The molecule has 2 aliphatic rings. The second-order valence-corrected chi connectivity index (χ2v) is 7.42. The molecule has 7 heteroatoms. The van der Waals surface area contributed by atoms with E-state index in [0.717, 1.165) is 42.4 Å². The number of fused-ring (bicyclic) bond motifs is 2. The molecule has 0 aliphatic carbocycles. The number of benzene rings is 1. The van der Waals surface area contributed by atoms with Gasteiger partial charge >= 0.3 is 0 Å². The van der Waals surface area contributed by atoms with Gasteiger partial charge in [-0.05, 0) is 38.1 Å². The maximum atomic E-state index is 12.8. The highest BCUT2D eigenvalue weighted by Crippen LogP contribution is 2.41. The van der Waals surface area contributed by atoms with E-state index >= 15 is 0 Å². The summed E-state index contributed by atoms with van der Waals surface area (Å²) in [6.07, 6.45) is 0.675. The molecule has 2 aromatic rings. The maximum absolute atomic E-state index is 12.8. The van der Waals surface area contributed by atoms with Gasteiger partial charge in [-0.25, -0.2) is 0 Å². The van der Waals surface area contributed by atoms with Crippen LogP contribution < -0.4 is 20.1 Å². The van der Waals surface area contributed by atoms with Crippen LogP contribution in [-0.2, 0) is 13.1 Å². The fourth-order valence-corrected chi connectivity index (χ4v) is 3.62. The Hall–Kier alpha value is -2.54. The summed E-state index contributed by atoms with van der Waals surface area (Å²) in [5.74, 6) is 1.36. The van der Waals surface area contributed by atoms with Gasteiger partial charge in [-0.1, -0.05) is 0 Å². The first kappa shape index (κ1) is 16.9. The number of hydrogen-bond donors (Lipinski definition) is 2. The van der Waals surface area contributed by atoms with E-state index in [0.29, 0.717) is 12.1 Å². The fourth-order valence-electron chi connectivity index (χ4n) is 3.62. The zero-order chi connectivity index (χ0) is 18.3. The minimum atomic E-state index is -0.364. The van der Waals surface area contributed by atoms with Crippen molar-refractivity contribution in [3.8, 4) is 11.5 Å². The number of aromatic nitrogens is 2. The smallest absolute Gasteiger partial charge is 0.272 e. The number of amides is 1. The molecule has 4 rings (SSSR count). The Bertz CT molecular complexity index is 820. The molecule has 7 nitrogen and oxygen atoms in total. The molecule has 1 aromatic carbocycles. The third-order valence-corrected chi connectivity index (χ3v) is 4.88. The van der Waals surface area contributed by atoms with E-state index < -0.39 is 0 Å². The summed E-state index contributed by atoms with van der Waals surface area (Å²) in [4.78, 5) is 12.8. The van der Waals surface area contributed by atoms with Gasteiger partial charge < -0.3 is 20.1 Å². The average Bonchev–Trinajstić information content (AvgIpc) is 3.05. The van der Waals surface area contributed by atoms with Gasteiger partial charge in [0.1, 0.15) is 17.1 Å². The Balaban J connectivity index is 1.61. The zero-order valence-corrected chi connectivity index (χ0v) is 15.3. The van der Waals surface area contributed by atoms with Crippen molar-refractivity contribution in [2.24, 2.45) is 0 Å². The lowest BCUT2D eigenvalue weighted by Crippen LogP contribution is -2.41. The van der Waals surface area contributed by atoms with Gasteiger partial charge in [-0.15, -0.1) is 0 Å². The van der Waals surface area contributed by atoms with E-state index in [4.69, 9.17) is 9.47 Å². The van der Waals surface area contributed by atoms with E-state index in [-0.39, 0.29) is 17.6 Å². The first-order chi connectivity index (χ1) is 12.4. The van der Waals surface area contributed by atoms with Gasteiger partial charge in [-0.2, -0.15) is 5.10 Å². The lowest BCUT2D eigenvalue weighted by atomic mass is 9.89. The van der Waals surface area contributed by atoms with Crippen molar-refractivity contribution in [3.05, 3.63) is 41.2 Å². The first-order valence-corrected chi connectivity index (χ1v) is 8.90. The number of ether oxygens (including phenoxy) is 2. The van der Waals surface area contributed by atoms with Gasteiger partial charge in [0.25, 0.3) is 5.91 Å². The molecule has 0 bridgehead atoms. The minimum absolute atomic E-state index is 0.159. The lowest BCUT2D eigenvalue weighted by molar-refractivity contribution is 0.0616. The van der Waals surface area contributed by atoms with Crippen LogP contribution >= 0.6 is 0 Å². The molecular weight excluding hydrogens is 332 g/mol. The van der Waals surface area contributed by atoms with Gasteiger partial charge in [0.2, 0.25) is 0 Å². The summed E-state index contributed by atoms with van der Waals surface area (Å²) in [5, 5.41) is 10.9. The number of carbonyl (C=O) groups excluding carboxylic acids is 1. The van der Waals surface area contributed by atoms with Crippen LogP contribution in [0, 0.1) is 0 Å². The van der Waals surface area contributed by atoms with Crippen LogP contribution in [0.5, 0.6) is 11.5 Å². The van der Waals surface area contributed by atoms with Crippen molar-refractivity contribution in [2.75, 3.05) is 13.7 Å². The molecule has 0 saturated heterocycles. The van der Waals surface area contributed by atoms with E-state index in [9.17, 15) is 4.79 Å². The number of rotatable bonds is 3. The van der Waals surface area contributed by atoms with Crippen LogP contribution in [0.4, 0.5) is 0 Å². The molecule has 0 radical (unpaired) electrons. The third kappa shape index (κ3) is 3.14. The lowest BCUT2D eigenvalue weighted by Gasteiger charge is -2.38. The Morgan fingerprint density at radius 1 is 1.42 bits per heavy atom. The van der Waals surface area contributed by atoms with E-state index in [2.05, 4.69) is 15.7 Å². The zero-order valence-electron chi connectivity index (χ0n) is 15.3. The number of nitrogens with one attached hydrogen (secondary N) is 2. The molecule has 0 fully saturated rings. The molecule has 1 aromatic heterocycles. The highest BCUT2D eigenvalue weighted by atomic mass is 16.5. The first-order valence-electron chi connectivity index (χ1n) is 8.90. The molecule has 0 unspecified atom stereocenters. The fraction of sp³-hybridized carbons (Fsp3) is 0.474. The largest absolute Gasteiger partial charge is 0.497 e. The Morgan fingerprint density at radius 3 is 3.04 bits per heavy atom. The van der Waals surface area contributed by atoms with Gasteiger partial charge in [-0.3, -0.25) is 9.48 Å². The minimum Gasteiger partial charge on any atom is -0.497 e. The SMILES string of the molecule is COc1ccc2c(c1)[C@@H](NC(=O)c1cc3n(n1)CCNC3)CC(C)(C)O2. The van der Waals surface area contributed by atoms with Crippen LogP contribution in [0.3, 0.4) is 0 Å².